The van der Waals surface area contributed by atoms with Crippen molar-refractivity contribution in [3.63, 3.8) is 0 Å². The highest BCUT2D eigenvalue weighted by molar-refractivity contribution is 5.91. The number of hydrogen-bond acceptors (Lipinski definition) is 4. The van der Waals surface area contributed by atoms with Gasteiger partial charge in [-0.15, -0.1) is 0 Å². The van der Waals surface area contributed by atoms with Crippen LogP contribution in [0.25, 0.3) is 0 Å². The van der Waals surface area contributed by atoms with E-state index in [1.54, 1.807) is 6.07 Å². The van der Waals surface area contributed by atoms with E-state index in [9.17, 15) is 4.79 Å². The Balaban J connectivity index is 1.57. The Hall–Kier alpha value is -2.27. The van der Waals surface area contributed by atoms with Crippen molar-refractivity contribution in [1.29, 1.82) is 0 Å². The zero-order chi connectivity index (χ0) is 17.8. The van der Waals surface area contributed by atoms with E-state index in [-0.39, 0.29) is 5.91 Å². The third kappa shape index (κ3) is 4.23. The summed E-state index contributed by atoms with van der Waals surface area (Å²) in [6, 6.07) is 10.1. The van der Waals surface area contributed by atoms with Gasteiger partial charge in [-0.1, -0.05) is 17.7 Å². The Labute approximate surface area is 149 Å². The van der Waals surface area contributed by atoms with E-state index < -0.39 is 0 Å². The summed E-state index contributed by atoms with van der Waals surface area (Å²) in [5, 5.41) is 3.27. The standard InChI is InChI=1S/C20H26N2O3/c1-14-4-6-18(15(2)12-14)24-13-17-5-7-19(25-17)20(23)22-10-8-16(21-3)9-11-22/h4-7,12,16,21H,8-11,13H2,1-3H3. The maximum atomic E-state index is 12.5. The number of nitrogens with one attached hydrogen (secondary N) is 1. The molecule has 5 heteroatoms. The van der Waals surface area contributed by atoms with Crippen molar-refractivity contribution >= 4 is 5.91 Å². The average Bonchev–Trinajstić information content (AvgIpc) is 3.09. The maximum Gasteiger partial charge on any atom is 0.289 e. The van der Waals surface area contributed by atoms with Crippen LogP contribution in [0.2, 0.25) is 0 Å². The second-order valence-electron chi connectivity index (χ2n) is 6.68. The van der Waals surface area contributed by atoms with E-state index in [2.05, 4.69) is 18.3 Å². The third-order valence-corrected chi connectivity index (χ3v) is 4.76. The SMILES string of the molecule is CNC1CCN(C(=O)c2ccc(COc3ccc(C)cc3C)o2)CC1. The number of nitrogens with zero attached hydrogens (tertiary/aromatic N) is 1. The van der Waals surface area contributed by atoms with Gasteiger partial charge < -0.3 is 19.4 Å². The minimum Gasteiger partial charge on any atom is -0.485 e. The van der Waals surface area contributed by atoms with Gasteiger partial charge in [0.15, 0.2) is 5.76 Å². The number of carbonyl (C=O) groups is 1. The van der Waals surface area contributed by atoms with Gasteiger partial charge in [0.25, 0.3) is 5.91 Å². The minimum atomic E-state index is -0.0349. The molecule has 0 saturated carbocycles. The molecule has 1 fully saturated rings. The van der Waals surface area contributed by atoms with Crippen molar-refractivity contribution in [2.24, 2.45) is 0 Å². The van der Waals surface area contributed by atoms with E-state index in [1.807, 2.05) is 37.1 Å². The predicted molar refractivity (Wildman–Crippen MR) is 96.9 cm³/mol. The molecule has 0 bridgehead atoms. The molecule has 0 radical (unpaired) electrons. The molecule has 3 rings (SSSR count). The van der Waals surface area contributed by atoms with Gasteiger partial charge in [-0.05, 0) is 57.5 Å². The number of piperidine rings is 1. The van der Waals surface area contributed by atoms with Crippen LogP contribution in [0.4, 0.5) is 0 Å². The van der Waals surface area contributed by atoms with Gasteiger partial charge in [-0.2, -0.15) is 0 Å². The van der Waals surface area contributed by atoms with E-state index >= 15 is 0 Å². The molecular weight excluding hydrogens is 316 g/mol. The van der Waals surface area contributed by atoms with Crippen molar-refractivity contribution < 1.29 is 13.9 Å². The number of furan rings is 1. The lowest BCUT2D eigenvalue weighted by Crippen LogP contribution is -2.43. The summed E-state index contributed by atoms with van der Waals surface area (Å²) in [4.78, 5) is 14.4. The van der Waals surface area contributed by atoms with Crippen LogP contribution >= 0.6 is 0 Å². The quantitative estimate of drug-likeness (QED) is 0.906. The summed E-state index contributed by atoms with van der Waals surface area (Å²) in [7, 11) is 1.97. The molecule has 1 saturated heterocycles. The molecule has 2 aromatic rings. The molecule has 1 aliphatic rings. The van der Waals surface area contributed by atoms with Crippen LogP contribution in [-0.2, 0) is 6.61 Å². The lowest BCUT2D eigenvalue weighted by molar-refractivity contribution is 0.0671. The molecule has 1 aliphatic heterocycles. The summed E-state index contributed by atoms with van der Waals surface area (Å²) < 4.78 is 11.5. The normalized spacial score (nSPS) is 15.4. The lowest BCUT2D eigenvalue weighted by Gasteiger charge is -2.31. The zero-order valence-electron chi connectivity index (χ0n) is 15.2. The number of carbonyl (C=O) groups excluding carboxylic acids is 1. The van der Waals surface area contributed by atoms with Gasteiger partial charge in [0.05, 0.1) is 0 Å². The summed E-state index contributed by atoms with van der Waals surface area (Å²) in [6.45, 7) is 5.92. The fraction of sp³-hybridized carbons (Fsp3) is 0.450. The van der Waals surface area contributed by atoms with Crippen molar-refractivity contribution in [1.82, 2.24) is 10.2 Å². The molecule has 2 heterocycles. The monoisotopic (exact) mass is 342 g/mol. The number of amides is 1. The van der Waals surface area contributed by atoms with Gasteiger partial charge >= 0.3 is 0 Å². The van der Waals surface area contributed by atoms with Gasteiger partial charge in [-0.3, -0.25) is 4.79 Å². The van der Waals surface area contributed by atoms with Crippen LogP contribution in [0, 0.1) is 13.8 Å². The van der Waals surface area contributed by atoms with Crippen molar-refractivity contribution in [2.75, 3.05) is 20.1 Å². The number of benzene rings is 1. The fourth-order valence-corrected chi connectivity index (χ4v) is 3.21. The Morgan fingerprint density at radius 2 is 2.00 bits per heavy atom. The molecule has 25 heavy (non-hydrogen) atoms. The topological polar surface area (TPSA) is 54.7 Å². The highest BCUT2D eigenvalue weighted by Crippen LogP contribution is 2.21. The largest absolute Gasteiger partial charge is 0.485 e. The molecular formula is C20H26N2O3. The van der Waals surface area contributed by atoms with E-state index in [1.165, 1.54) is 5.56 Å². The first-order valence-corrected chi connectivity index (χ1v) is 8.82. The Kier molecular flexibility index (Phi) is 5.43. The van der Waals surface area contributed by atoms with Crippen LogP contribution in [0.5, 0.6) is 5.75 Å². The summed E-state index contributed by atoms with van der Waals surface area (Å²) in [6.07, 6.45) is 1.96. The number of ether oxygens (including phenoxy) is 1. The molecule has 0 unspecified atom stereocenters. The van der Waals surface area contributed by atoms with Crippen LogP contribution in [0.1, 0.15) is 40.3 Å². The van der Waals surface area contributed by atoms with Gasteiger partial charge in [0, 0.05) is 19.1 Å². The number of likely N-dealkylation sites (tertiary alicyclic amines) is 1. The third-order valence-electron chi connectivity index (χ3n) is 4.76. The van der Waals surface area contributed by atoms with E-state index in [4.69, 9.17) is 9.15 Å². The van der Waals surface area contributed by atoms with E-state index in [0.29, 0.717) is 24.2 Å². The van der Waals surface area contributed by atoms with Crippen molar-refractivity contribution in [2.45, 2.75) is 39.3 Å². The highest BCUT2D eigenvalue weighted by atomic mass is 16.5. The molecule has 134 valence electrons. The molecule has 1 aromatic carbocycles. The number of hydrogen-bond donors (Lipinski definition) is 1. The fourth-order valence-electron chi connectivity index (χ4n) is 3.21. The molecule has 1 N–H and O–H groups in total. The number of aryl methyl sites for hydroxylation is 2. The molecule has 0 spiro atoms. The Bertz CT molecular complexity index is 730. The molecule has 0 aliphatic carbocycles. The van der Waals surface area contributed by atoms with Crippen LogP contribution < -0.4 is 10.1 Å². The van der Waals surface area contributed by atoms with Gasteiger partial charge in [0.1, 0.15) is 18.1 Å². The first-order chi connectivity index (χ1) is 12.1. The van der Waals surface area contributed by atoms with Crippen LogP contribution in [0.15, 0.2) is 34.7 Å². The van der Waals surface area contributed by atoms with Crippen LogP contribution in [-0.4, -0.2) is 37.0 Å². The van der Waals surface area contributed by atoms with Crippen molar-refractivity contribution in [3.8, 4) is 5.75 Å². The molecule has 5 nitrogen and oxygen atoms in total. The number of rotatable bonds is 5. The summed E-state index contributed by atoms with van der Waals surface area (Å²) in [5.74, 6) is 1.85. The van der Waals surface area contributed by atoms with Gasteiger partial charge in [-0.25, -0.2) is 0 Å². The summed E-state index contributed by atoms with van der Waals surface area (Å²) >= 11 is 0. The Morgan fingerprint density at radius 3 is 2.68 bits per heavy atom. The predicted octanol–water partition coefficient (Wildman–Crippen LogP) is 3.30. The lowest BCUT2D eigenvalue weighted by atomic mass is 10.1. The second kappa shape index (κ2) is 7.74. The first kappa shape index (κ1) is 17.5. The first-order valence-electron chi connectivity index (χ1n) is 8.82. The van der Waals surface area contributed by atoms with Gasteiger partial charge in [0.2, 0.25) is 0 Å². The average molecular weight is 342 g/mol. The molecule has 1 aromatic heterocycles. The van der Waals surface area contributed by atoms with Crippen molar-refractivity contribution in [3.05, 3.63) is 53.0 Å². The minimum absolute atomic E-state index is 0.0349. The maximum absolute atomic E-state index is 12.5. The highest BCUT2D eigenvalue weighted by Gasteiger charge is 2.24. The smallest absolute Gasteiger partial charge is 0.289 e. The van der Waals surface area contributed by atoms with E-state index in [0.717, 1.165) is 37.2 Å². The Morgan fingerprint density at radius 1 is 1.24 bits per heavy atom. The zero-order valence-corrected chi connectivity index (χ0v) is 15.2. The second-order valence-corrected chi connectivity index (χ2v) is 6.68. The molecule has 1 amide bonds. The van der Waals surface area contributed by atoms with Crippen LogP contribution in [0.3, 0.4) is 0 Å². The molecule has 0 atom stereocenters. The summed E-state index contributed by atoms with van der Waals surface area (Å²) in [5.41, 5.74) is 2.30.